The number of benzene rings is 2. The Kier molecular flexibility index (Phi) is 8.69. The van der Waals surface area contributed by atoms with Gasteiger partial charge in [-0.05, 0) is 47.2 Å². The topological polar surface area (TPSA) is 113 Å². The smallest absolute Gasteiger partial charge is 0.408 e. The molecular weight excluding hydrogens is 432 g/mol. The number of phenols is 1. The van der Waals surface area contributed by atoms with Crippen molar-refractivity contribution in [2.75, 3.05) is 18.5 Å². The van der Waals surface area contributed by atoms with Crippen LogP contribution in [0.3, 0.4) is 0 Å². The number of urea groups is 1. The molecule has 0 radical (unpaired) electrons. The number of ether oxygens (including phenoxy) is 1. The summed E-state index contributed by atoms with van der Waals surface area (Å²) in [4.78, 5) is 28.0. The molecule has 0 aliphatic rings. The minimum absolute atomic E-state index is 0. The summed E-state index contributed by atoms with van der Waals surface area (Å²) < 4.78 is 4.83. The van der Waals surface area contributed by atoms with Crippen LogP contribution < -0.4 is 16.0 Å². The number of nitrogens with one attached hydrogen (secondary N) is 3. The number of carbonyl (C=O) groups excluding carboxylic acids is 2. The van der Waals surface area contributed by atoms with Crippen molar-refractivity contribution in [3.05, 3.63) is 54.2 Å². The predicted molar refractivity (Wildman–Crippen MR) is 126 cm³/mol. The van der Waals surface area contributed by atoms with E-state index in [1.54, 1.807) is 30.5 Å². The molecule has 0 atom stereocenters. The molecule has 0 aliphatic carbocycles. The van der Waals surface area contributed by atoms with Crippen LogP contribution in [0.5, 0.6) is 5.75 Å². The number of rotatable bonds is 6. The molecule has 0 unspecified atom stereocenters. The number of fused-ring (bicyclic) bond motifs is 1. The summed E-state index contributed by atoms with van der Waals surface area (Å²) >= 11 is 0. The Labute approximate surface area is 191 Å². The Morgan fingerprint density at radius 1 is 1.16 bits per heavy atom. The fraction of sp³-hybridized carbons (Fsp3) is 0.174. The maximum Gasteiger partial charge on any atom is 0.408 e. The van der Waals surface area contributed by atoms with Crippen molar-refractivity contribution < 1.29 is 19.4 Å². The van der Waals surface area contributed by atoms with Crippen LogP contribution in [0, 0.1) is 12.3 Å². The van der Waals surface area contributed by atoms with Gasteiger partial charge in [-0.2, -0.15) is 0 Å². The maximum atomic E-state index is 11.9. The molecule has 32 heavy (non-hydrogen) atoms. The molecule has 9 heteroatoms. The van der Waals surface area contributed by atoms with Crippen LogP contribution in [-0.2, 0) is 11.3 Å². The predicted octanol–water partition coefficient (Wildman–Crippen LogP) is 4.03. The molecule has 0 saturated heterocycles. The van der Waals surface area contributed by atoms with Crippen molar-refractivity contribution >= 4 is 41.1 Å². The van der Waals surface area contributed by atoms with E-state index in [4.69, 9.17) is 11.2 Å². The standard InChI is InChI=1S/C23H22N4O4.ClH/c1-3-10-31-23(30)26-13-16-8-9-18(15-6-5-7-17(28)11-15)19-12-21(25-14-20(16)19)27-22(29)24-4-2;/h1,5-9,11-12,14,28H,4,10,13H2,2H3,(H,26,30)(H2,24,25,27,29);1H. The molecule has 4 N–H and O–H groups in total. The number of carbonyl (C=O) groups is 2. The lowest BCUT2D eigenvalue weighted by Gasteiger charge is -2.14. The van der Waals surface area contributed by atoms with Crippen LogP contribution >= 0.6 is 12.4 Å². The zero-order valence-electron chi connectivity index (χ0n) is 17.3. The quantitative estimate of drug-likeness (QED) is 0.420. The van der Waals surface area contributed by atoms with Crippen LogP contribution in [-0.4, -0.2) is 35.4 Å². The number of alkyl carbamates (subject to hydrolysis) is 1. The molecule has 3 amide bonds. The third kappa shape index (κ3) is 6.03. The minimum atomic E-state index is -0.620. The van der Waals surface area contributed by atoms with Gasteiger partial charge in [0.1, 0.15) is 11.6 Å². The first-order valence-corrected chi connectivity index (χ1v) is 9.61. The zero-order chi connectivity index (χ0) is 22.2. The molecule has 1 aromatic heterocycles. The molecule has 166 valence electrons. The average molecular weight is 455 g/mol. The van der Waals surface area contributed by atoms with Gasteiger partial charge < -0.3 is 20.5 Å². The first kappa shape index (κ1) is 24.3. The fourth-order valence-electron chi connectivity index (χ4n) is 3.09. The molecule has 0 bridgehead atoms. The van der Waals surface area contributed by atoms with E-state index in [0.717, 1.165) is 27.5 Å². The van der Waals surface area contributed by atoms with E-state index in [1.807, 2.05) is 25.1 Å². The van der Waals surface area contributed by atoms with Gasteiger partial charge in [-0.25, -0.2) is 14.6 Å². The zero-order valence-corrected chi connectivity index (χ0v) is 18.2. The summed E-state index contributed by atoms with van der Waals surface area (Å²) in [5, 5.41) is 19.5. The van der Waals surface area contributed by atoms with Crippen LogP contribution in [0.15, 0.2) is 48.7 Å². The van der Waals surface area contributed by atoms with Gasteiger partial charge in [-0.1, -0.05) is 30.2 Å². The molecule has 1 heterocycles. The Bertz CT molecular complexity index is 1160. The van der Waals surface area contributed by atoms with Gasteiger partial charge >= 0.3 is 12.1 Å². The molecule has 0 saturated carbocycles. The van der Waals surface area contributed by atoms with Gasteiger partial charge in [0.15, 0.2) is 6.61 Å². The van der Waals surface area contributed by atoms with E-state index in [-0.39, 0.29) is 37.3 Å². The highest BCUT2D eigenvalue weighted by Crippen LogP contribution is 2.33. The van der Waals surface area contributed by atoms with Gasteiger partial charge in [0.2, 0.25) is 0 Å². The number of hydrogen-bond acceptors (Lipinski definition) is 5. The van der Waals surface area contributed by atoms with E-state index in [1.165, 1.54) is 0 Å². The summed E-state index contributed by atoms with van der Waals surface area (Å²) in [5.41, 5.74) is 2.44. The van der Waals surface area contributed by atoms with E-state index in [0.29, 0.717) is 12.4 Å². The summed E-state index contributed by atoms with van der Waals surface area (Å²) in [6.45, 7) is 2.39. The van der Waals surface area contributed by atoms with E-state index in [2.05, 4.69) is 26.9 Å². The highest BCUT2D eigenvalue weighted by Gasteiger charge is 2.12. The second-order valence-corrected chi connectivity index (χ2v) is 6.56. The molecule has 0 aliphatic heterocycles. The van der Waals surface area contributed by atoms with Crippen molar-refractivity contribution in [1.82, 2.24) is 15.6 Å². The van der Waals surface area contributed by atoms with Crippen molar-refractivity contribution in [2.45, 2.75) is 13.5 Å². The van der Waals surface area contributed by atoms with E-state index < -0.39 is 6.09 Å². The average Bonchev–Trinajstić information content (AvgIpc) is 2.76. The Hall–Kier alpha value is -3.96. The SMILES string of the molecule is C#CCOC(=O)NCc1ccc(-c2cccc(O)c2)c2cc(NC(=O)NCC)ncc12.Cl. The molecular formula is C23H23ClN4O4. The van der Waals surface area contributed by atoms with Gasteiger partial charge in [0.25, 0.3) is 0 Å². The number of hydrogen-bond donors (Lipinski definition) is 4. The summed E-state index contributed by atoms with van der Waals surface area (Å²) in [6, 6.07) is 12.0. The third-order valence-corrected chi connectivity index (χ3v) is 4.44. The molecule has 0 fully saturated rings. The first-order chi connectivity index (χ1) is 15.0. The molecule has 8 nitrogen and oxygen atoms in total. The van der Waals surface area contributed by atoms with Crippen molar-refractivity contribution in [1.29, 1.82) is 0 Å². The van der Waals surface area contributed by atoms with Crippen molar-refractivity contribution in [3.63, 3.8) is 0 Å². The lowest BCUT2D eigenvalue weighted by molar-refractivity contribution is 0.159. The first-order valence-electron chi connectivity index (χ1n) is 9.61. The van der Waals surface area contributed by atoms with Gasteiger partial charge in [0, 0.05) is 24.7 Å². The number of phenolic OH excluding ortho intramolecular Hbond substituents is 1. The van der Waals surface area contributed by atoms with E-state index in [9.17, 15) is 14.7 Å². The molecule has 3 rings (SSSR count). The van der Waals surface area contributed by atoms with Crippen LogP contribution in [0.4, 0.5) is 15.4 Å². The Morgan fingerprint density at radius 2 is 1.97 bits per heavy atom. The van der Waals surface area contributed by atoms with Crippen LogP contribution in [0.25, 0.3) is 21.9 Å². The number of halogens is 1. The summed E-state index contributed by atoms with van der Waals surface area (Å²) in [6.07, 6.45) is 6.11. The van der Waals surface area contributed by atoms with Gasteiger partial charge in [-0.15, -0.1) is 18.8 Å². The van der Waals surface area contributed by atoms with Crippen LogP contribution in [0.1, 0.15) is 12.5 Å². The second-order valence-electron chi connectivity index (χ2n) is 6.56. The van der Waals surface area contributed by atoms with Gasteiger partial charge in [-0.3, -0.25) is 5.32 Å². The highest BCUT2D eigenvalue weighted by atomic mass is 35.5. The number of nitrogens with zero attached hydrogens (tertiary/aromatic N) is 1. The number of aromatic hydroxyl groups is 1. The summed E-state index contributed by atoms with van der Waals surface area (Å²) in [7, 11) is 0. The fourth-order valence-corrected chi connectivity index (χ4v) is 3.09. The largest absolute Gasteiger partial charge is 0.508 e. The Balaban J connectivity index is 0.00000363. The number of aromatic nitrogens is 1. The number of anilines is 1. The van der Waals surface area contributed by atoms with Gasteiger partial charge in [0.05, 0.1) is 0 Å². The number of pyridine rings is 1. The van der Waals surface area contributed by atoms with Crippen LogP contribution in [0.2, 0.25) is 0 Å². The lowest BCUT2D eigenvalue weighted by atomic mass is 9.96. The highest BCUT2D eigenvalue weighted by molar-refractivity contribution is 6.01. The lowest BCUT2D eigenvalue weighted by Crippen LogP contribution is -2.28. The monoisotopic (exact) mass is 454 g/mol. The summed E-state index contributed by atoms with van der Waals surface area (Å²) in [5.74, 6) is 2.75. The minimum Gasteiger partial charge on any atom is -0.508 e. The maximum absolute atomic E-state index is 11.9. The number of amides is 3. The second kappa shape index (κ2) is 11.4. The van der Waals surface area contributed by atoms with Crippen molar-refractivity contribution in [3.8, 4) is 29.2 Å². The molecule has 0 spiro atoms. The number of terminal acetylenes is 1. The third-order valence-electron chi connectivity index (χ3n) is 4.44. The van der Waals surface area contributed by atoms with E-state index >= 15 is 0 Å². The normalized spacial score (nSPS) is 9.88. The molecule has 3 aromatic rings. The molecule has 2 aromatic carbocycles. The Morgan fingerprint density at radius 3 is 2.69 bits per heavy atom. The van der Waals surface area contributed by atoms with Crippen molar-refractivity contribution in [2.24, 2.45) is 0 Å².